The van der Waals surface area contributed by atoms with Crippen LogP contribution in [0.3, 0.4) is 0 Å². The Balaban J connectivity index is 2.07. The van der Waals surface area contributed by atoms with E-state index in [9.17, 15) is 4.79 Å². The van der Waals surface area contributed by atoms with Crippen LogP contribution in [0, 0.1) is 24.2 Å². The zero-order valence-electron chi connectivity index (χ0n) is 17.6. The molecule has 2 atom stereocenters. The highest BCUT2D eigenvalue weighted by atomic mass is 16.5. The summed E-state index contributed by atoms with van der Waals surface area (Å²) in [6, 6.07) is 3.97. The summed E-state index contributed by atoms with van der Waals surface area (Å²) in [5.41, 5.74) is 3.03. The summed E-state index contributed by atoms with van der Waals surface area (Å²) < 4.78 is 11.5. The van der Waals surface area contributed by atoms with Crippen LogP contribution >= 0.6 is 0 Å². The molecule has 1 aromatic rings. The molecule has 0 bridgehead atoms. The average Bonchev–Trinajstić information content (AvgIpc) is 2.61. The van der Waals surface area contributed by atoms with Crippen molar-refractivity contribution in [1.29, 1.82) is 0 Å². The third kappa shape index (κ3) is 6.11. The van der Waals surface area contributed by atoms with Gasteiger partial charge in [0.2, 0.25) is 0 Å². The summed E-state index contributed by atoms with van der Waals surface area (Å²) in [4.78, 5) is 12.9. The lowest BCUT2D eigenvalue weighted by molar-refractivity contribution is -0.122. The molecule has 1 saturated carbocycles. The molecule has 0 amide bonds. The van der Waals surface area contributed by atoms with Gasteiger partial charge in [-0.05, 0) is 62.6 Å². The Bertz CT molecular complexity index is 710. The zero-order valence-corrected chi connectivity index (χ0v) is 17.6. The van der Waals surface area contributed by atoms with E-state index in [1.54, 1.807) is 7.11 Å². The van der Waals surface area contributed by atoms with E-state index < -0.39 is 0 Å². The Labute approximate surface area is 164 Å². The SMILES string of the molecule is CC#Cc1cc(C)c(CC(=O)CC2(C)CCCC(OCCC)C2)c(OC)c1. The van der Waals surface area contributed by atoms with Gasteiger partial charge in [-0.2, -0.15) is 0 Å². The van der Waals surface area contributed by atoms with Gasteiger partial charge in [0.15, 0.2) is 0 Å². The van der Waals surface area contributed by atoms with Gasteiger partial charge in [0.1, 0.15) is 11.5 Å². The number of carbonyl (C=O) groups is 1. The number of Topliss-reactive ketones (excluding diaryl/α,β-unsaturated/α-hetero) is 1. The number of ketones is 1. The fraction of sp³-hybridized carbons (Fsp3) is 0.625. The topological polar surface area (TPSA) is 35.5 Å². The van der Waals surface area contributed by atoms with Crippen LogP contribution < -0.4 is 4.74 Å². The summed E-state index contributed by atoms with van der Waals surface area (Å²) in [7, 11) is 1.66. The molecule has 0 N–H and O–H groups in total. The van der Waals surface area contributed by atoms with Crippen LogP contribution in [0.25, 0.3) is 0 Å². The number of hydrogen-bond donors (Lipinski definition) is 0. The molecule has 0 spiro atoms. The Hall–Kier alpha value is -1.79. The van der Waals surface area contributed by atoms with Crippen molar-refractivity contribution in [3.63, 3.8) is 0 Å². The second kappa shape index (κ2) is 9.95. The summed E-state index contributed by atoms with van der Waals surface area (Å²) in [5.74, 6) is 7.03. The number of aryl methyl sites for hydroxylation is 1. The quantitative estimate of drug-likeness (QED) is 0.586. The van der Waals surface area contributed by atoms with E-state index in [1.807, 2.05) is 26.0 Å². The third-order valence-electron chi connectivity index (χ3n) is 5.50. The molecule has 27 heavy (non-hydrogen) atoms. The van der Waals surface area contributed by atoms with Gasteiger partial charge >= 0.3 is 0 Å². The van der Waals surface area contributed by atoms with E-state index in [2.05, 4.69) is 25.7 Å². The highest BCUT2D eigenvalue weighted by Crippen LogP contribution is 2.40. The van der Waals surface area contributed by atoms with Crippen LogP contribution in [0.1, 0.15) is 76.0 Å². The van der Waals surface area contributed by atoms with Gasteiger partial charge in [-0.3, -0.25) is 4.79 Å². The molecule has 1 aliphatic carbocycles. The monoisotopic (exact) mass is 370 g/mol. The van der Waals surface area contributed by atoms with Crippen molar-refractivity contribution in [1.82, 2.24) is 0 Å². The predicted molar refractivity (Wildman–Crippen MR) is 110 cm³/mol. The Morgan fingerprint density at radius 3 is 2.81 bits per heavy atom. The van der Waals surface area contributed by atoms with Crippen molar-refractivity contribution in [3.8, 4) is 17.6 Å². The fourth-order valence-corrected chi connectivity index (χ4v) is 4.24. The maximum Gasteiger partial charge on any atom is 0.137 e. The van der Waals surface area contributed by atoms with Gasteiger partial charge < -0.3 is 9.47 Å². The van der Waals surface area contributed by atoms with E-state index in [4.69, 9.17) is 9.47 Å². The molecule has 0 aliphatic heterocycles. The molecule has 1 aliphatic rings. The molecule has 148 valence electrons. The Morgan fingerprint density at radius 1 is 1.37 bits per heavy atom. The van der Waals surface area contributed by atoms with E-state index >= 15 is 0 Å². The largest absolute Gasteiger partial charge is 0.496 e. The molecule has 0 radical (unpaired) electrons. The molecule has 0 saturated heterocycles. The Morgan fingerprint density at radius 2 is 2.15 bits per heavy atom. The van der Waals surface area contributed by atoms with Crippen molar-refractivity contribution < 1.29 is 14.3 Å². The maximum absolute atomic E-state index is 12.9. The molecule has 1 aromatic carbocycles. The third-order valence-corrected chi connectivity index (χ3v) is 5.50. The van der Waals surface area contributed by atoms with Gasteiger partial charge in [0.05, 0.1) is 13.2 Å². The number of hydrogen-bond acceptors (Lipinski definition) is 3. The van der Waals surface area contributed by atoms with Gasteiger partial charge in [-0.15, -0.1) is 5.92 Å². The molecule has 0 heterocycles. The number of ether oxygens (including phenoxy) is 2. The minimum Gasteiger partial charge on any atom is -0.496 e. The van der Waals surface area contributed by atoms with Crippen molar-refractivity contribution >= 4 is 5.78 Å². The summed E-state index contributed by atoms with van der Waals surface area (Å²) in [6.45, 7) is 9.05. The van der Waals surface area contributed by atoms with E-state index in [0.29, 0.717) is 18.9 Å². The van der Waals surface area contributed by atoms with Gasteiger partial charge in [0.25, 0.3) is 0 Å². The van der Waals surface area contributed by atoms with Gasteiger partial charge in [0, 0.05) is 30.6 Å². The second-order valence-corrected chi connectivity index (χ2v) is 8.14. The van der Waals surface area contributed by atoms with Crippen molar-refractivity contribution in [2.24, 2.45) is 5.41 Å². The van der Waals surface area contributed by atoms with Crippen LogP contribution in [-0.2, 0) is 16.0 Å². The van der Waals surface area contributed by atoms with Gasteiger partial charge in [-0.25, -0.2) is 0 Å². The molecule has 2 rings (SSSR count). The minimum atomic E-state index is 0.0442. The smallest absolute Gasteiger partial charge is 0.137 e. The zero-order chi connectivity index (χ0) is 19.9. The lowest BCUT2D eigenvalue weighted by Gasteiger charge is -2.37. The standard InChI is InChI=1S/C24H34O3/c1-6-9-19-13-18(3)22(23(14-19)26-5)15-20(25)16-24(4)11-8-10-21(17-24)27-12-7-2/h13-14,21H,7-8,10-12,15-17H2,1-5H3. The number of methoxy groups -OCH3 is 1. The van der Waals surface area contributed by atoms with Crippen LogP contribution in [0.2, 0.25) is 0 Å². The molecule has 3 nitrogen and oxygen atoms in total. The van der Waals surface area contributed by atoms with Crippen molar-refractivity contribution in [3.05, 3.63) is 28.8 Å². The van der Waals surface area contributed by atoms with E-state index in [-0.39, 0.29) is 11.2 Å². The lowest BCUT2D eigenvalue weighted by atomic mass is 9.71. The number of benzene rings is 1. The molecule has 1 fully saturated rings. The number of rotatable bonds is 8. The summed E-state index contributed by atoms with van der Waals surface area (Å²) in [5, 5.41) is 0. The first-order valence-electron chi connectivity index (χ1n) is 10.1. The minimum absolute atomic E-state index is 0.0442. The highest BCUT2D eigenvalue weighted by molar-refractivity contribution is 5.82. The molecule has 3 heteroatoms. The van der Waals surface area contributed by atoms with Gasteiger partial charge in [-0.1, -0.05) is 26.2 Å². The Kier molecular flexibility index (Phi) is 7.92. The molecular formula is C24H34O3. The van der Waals surface area contributed by atoms with Crippen molar-refractivity contribution in [2.45, 2.75) is 78.7 Å². The maximum atomic E-state index is 12.9. The first kappa shape index (κ1) is 21.5. The van der Waals surface area contributed by atoms with Crippen LogP contribution in [0.15, 0.2) is 12.1 Å². The second-order valence-electron chi connectivity index (χ2n) is 8.14. The molecular weight excluding hydrogens is 336 g/mol. The van der Waals surface area contributed by atoms with Crippen molar-refractivity contribution in [2.75, 3.05) is 13.7 Å². The molecule has 2 unspecified atom stereocenters. The fourth-order valence-electron chi connectivity index (χ4n) is 4.24. The summed E-state index contributed by atoms with van der Waals surface area (Å²) in [6.07, 6.45) is 6.74. The molecule has 0 aromatic heterocycles. The van der Waals surface area contributed by atoms with Crippen LogP contribution in [0.4, 0.5) is 0 Å². The van der Waals surface area contributed by atoms with Crippen LogP contribution in [0.5, 0.6) is 5.75 Å². The highest BCUT2D eigenvalue weighted by Gasteiger charge is 2.34. The number of carbonyl (C=O) groups excluding carboxylic acids is 1. The van der Waals surface area contributed by atoms with E-state index in [0.717, 1.165) is 61.2 Å². The predicted octanol–water partition coefficient (Wildman–Crippen LogP) is 5.25. The average molecular weight is 371 g/mol. The normalized spacial score (nSPS) is 22.0. The van der Waals surface area contributed by atoms with Crippen LogP contribution in [-0.4, -0.2) is 25.6 Å². The first-order chi connectivity index (χ1) is 12.9. The first-order valence-corrected chi connectivity index (χ1v) is 10.1. The summed E-state index contributed by atoms with van der Waals surface area (Å²) >= 11 is 0. The lowest BCUT2D eigenvalue weighted by Crippen LogP contribution is -2.33. The van der Waals surface area contributed by atoms with E-state index in [1.165, 1.54) is 0 Å².